The molecule has 0 amide bonds. The van der Waals surface area contributed by atoms with E-state index in [2.05, 4.69) is 5.32 Å². The zero-order valence-electron chi connectivity index (χ0n) is 12.4. The van der Waals surface area contributed by atoms with Crippen molar-refractivity contribution in [3.63, 3.8) is 0 Å². The zero-order valence-corrected chi connectivity index (χ0v) is 12.4. The second kappa shape index (κ2) is 8.16. The Hall–Kier alpha value is -0.810. The number of aliphatic hydroxyl groups excluding tert-OH is 4. The zero-order chi connectivity index (χ0) is 16.9. The highest BCUT2D eigenvalue weighted by molar-refractivity contribution is 5.75. The first kappa shape index (κ1) is 19.2. The number of unbranched alkanes of at least 4 members (excludes halogenated alkanes) is 1. The third-order valence-corrected chi connectivity index (χ3v) is 3.75. The smallest absolute Gasteiger partial charge is 0.364 e. The van der Waals surface area contributed by atoms with Crippen LogP contribution < -0.4 is 5.32 Å². The van der Waals surface area contributed by atoms with E-state index in [0.29, 0.717) is 6.54 Å². The molecule has 0 spiro atoms. The minimum Gasteiger partial charge on any atom is -0.477 e. The van der Waals surface area contributed by atoms with Gasteiger partial charge >= 0.3 is 5.97 Å². The third kappa shape index (κ3) is 4.35. The summed E-state index contributed by atoms with van der Waals surface area (Å²) in [5, 5.41) is 60.4. The molecule has 7 N–H and O–H groups in total. The summed E-state index contributed by atoms with van der Waals surface area (Å²) < 4.78 is 5.05. The molecule has 0 radical (unpaired) electrons. The van der Waals surface area contributed by atoms with Crippen molar-refractivity contribution in [2.75, 3.05) is 13.2 Å². The number of aliphatic carboxylic acids is 1. The van der Waals surface area contributed by atoms with Gasteiger partial charge in [0.25, 0.3) is 5.79 Å². The van der Waals surface area contributed by atoms with Crippen LogP contribution in [0.2, 0.25) is 0 Å². The molecular formula is C13H25NO8. The van der Waals surface area contributed by atoms with E-state index < -0.39 is 55.2 Å². The molecule has 1 heterocycles. The van der Waals surface area contributed by atoms with Crippen LogP contribution in [0.3, 0.4) is 0 Å². The Morgan fingerprint density at radius 2 is 2.09 bits per heavy atom. The summed E-state index contributed by atoms with van der Waals surface area (Å²) in [7, 11) is 0. The highest BCUT2D eigenvalue weighted by Crippen LogP contribution is 2.30. The van der Waals surface area contributed by atoms with Crippen LogP contribution in [0, 0.1) is 0 Å². The number of aliphatic hydroxyl groups is 5. The molecule has 0 aliphatic carbocycles. The Balaban J connectivity index is 2.94. The van der Waals surface area contributed by atoms with Crippen molar-refractivity contribution in [2.24, 2.45) is 0 Å². The van der Waals surface area contributed by atoms with E-state index in [4.69, 9.17) is 14.9 Å². The van der Waals surface area contributed by atoms with Crippen LogP contribution in [0.25, 0.3) is 0 Å². The Kier molecular flexibility index (Phi) is 7.13. The molecule has 0 bridgehead atoms. The molecule has 9 nitrogen and oxygen atoms in total. The summed E-state index contributed by atoms with van der Waals surface area (Å²) in [5.74, 6) is -4.36. The molecule has 130 valence electrons. The van der Waals surface area contributed by atoms with Crippen LogP contribution in [0.1, 0.15) is 26.2 Å². The lowest BCUT2D eigenvalue weighted by Crippen LogP contribution is -2.66. The van der Waals surface area contributed by atoms with Crippen LogP contribution in [0.15, 0.2) is 0 Å². The lowest BCUT2D eigenvalue weighted by atomic mass is 9.88. The molecule has 1 saturated heterocycles. The summed E-state index contributed by atoms with van der Waals surface area (Å²) in [6.45, 7) is 1.66. The van der Waals surface area contributed by atoms with Gasteiger partial charge in [0.05, 0.1) is 18.8 Å². The molecule has 1 fully saturated rings. The van der Waals surface area contributed by atoms with E-state index in [-0.39, 0.29) is 0 Å². The summed E-state index contributed by atoms with van der Waals surface area (Å²) in [6.07, 6.45) is -4.90. The molecule has 0 aromatic rings. The van der Waals surface area contributed by atoms with Crippen LogP contribution in [0.5, 0.6) is 0 Å². The van der Waals surface area contributed by atoms with Gasteiger partial charge in [-0.3, -0.25) is 0 Å². The molecular weight excluding hydrogens is 298 g/mol. The van der Waals surface area contributed by atoms with Crippen molar-refractivity contribution in [1.29, 1.82) is 0 Å². The largest absolute Gasteiger partial charge is 0.477 e. The van der Waals surface area contributed by atoms with Crippen molar-refractivity contribution in [3.8, 4) is 0 Å². The standard InChI is InChI=1S/C13H25NO8/c1-2-3-4-14-9-7(16)5-13(21,12(19)20)22-11(9)10(18)8(17)6-15/h7-11,14-18,21H,2-6H2,1H3,(H,19,20)/t7-,8+,9+,10+,11+,13-/m0/s1. The molecule has 0 saturated carbocycles. The van der Waals surface area contributed by atoms with Crippen LogP contribution >= 0.6 is 0 Å². The SMILES string of the molecule is CCCCN[C@H]1[C@H]([C@H](O)[C@H](O)CO)O[C@](O)(C(=O)O)C[C@@H]1O. The summed E-state index contributed by atoms with van der Waals surface area (Å²) in [5.41, 5.74) is 0. The Morgan fingerprint density at radius 1 is 1.45 bits per heavy atom. The van der Waals surface area contributed by atoms with E-state index >= 15 is 0 Å². The Labute approximate surface area is 128 Å². The van der Waals surface area contributed by atoms with Gasteiger partial charge in [-0.05, 0) is 13.0 Å². The van der Waals surface area contributed by atoms with Crippen molar-refractivity contribution in [1.82, 2.24) is 5.32 Å². The minimum absolute atomic E-state index is 0.478. The number of ether oxygens (including phenoxy) is 1. The maximum atomic E-state index is 11.1. The summed E-state index contributed by atoms with van der Waals surface area (Å²) >= 11 is 0. The van der Waals surface area contributed by atoms with E-state index in [1.165, 1.54) is 0 Å². The molecule has 0 aromatic carbocycles. The van der Waals surface area contributed by atoms with Gasteiger partial charge in [0, 0.05) is 6.42 Å². The number of carbonyl (C=O) groups is 1. The van der Waals surface area contributed by atoms with Crippen molar-refractivity contribution >= 4 is 5.97 Å². The fourth-order valence-electron chi connectivity index (χ4n) is 2.42. The molecule has 1 aliphatic heterocycles. The van der Waals surface area contributed by atoms with E-state index in [0.717, 1.165) is 12.8 Å². The predicted molar refractivity (Wildman–Crippen MR) is 73.9 cm³/mol. The number of carboxylic acid groups (broad SMARTS) is 1. The normalized spacial score (nSPS) is 35.1. The lowest BCUT2D eigenvalue weighted by Gasteiger charge is -2.45. The van der Waals surface area contributed by atoms with E-state index in [1.807, 2.05) is 6.92 Å². The van der Waals surface area contributed by atoms with Crippen molar-refractivity contribution < 1.29 is 40.2 Å². The van der Waals surface area contributed by atoms with Gasteiger partial charge in [-0.15, -0.1) is 0 Å². The van der Waals surface area contributed by atoms with Gasteiger partial charge in [-0.25, -0.2) is 4.79 Å². The van der Waals surface area contributed by atoms with Crippen LogP contribution in [0.4, 0.5) is 0 Å². The maximum Gasteiger partial charge on any atom is 0.364 e. The molecule has 22 heavy (non-hydrogen) atoms. The first-order chi connectivity index (χ1) is 10.3. The highest BCUT2D eigenvalue weighted by Gasteiger charge is 2.53. The highest BCUT2D eigenvalue weighted by atomic mass is 16.7. The van der Waals surface area contributed by atoms with Gasteiger partial charge < -0.3 is 40.7 Å². The molecule has 1 rings (SSSR count). The first-order valence-corrected chi connectivity index (χ1v) is 7.28. The van der Waals surface area contributed by atoms with Gasteiger partial charge in [0.15, 0.2) is 0 Å². The topological polar surface area (TPSA) is 160 Å². The van der Waals surface area contributed by atoms with Crippen molar-refractivity contribution in [3.05, 3.63) is 0 Å². The second-order valence-corrected chi connectivity index (χ2v) is 5.52. The van der Waals surface area contributed by atoms with Gasteiger partial charge in [-0.2, -0.15) is 0 Å². The van der Waals surface area contributed by atoms with Gasteiger partial charge in [-0.1, -0.05) is 13.3 Å². The number of nitrogens with one attached hydrogen (secondary N) is 1. The second-order valence-electron chi connectivity index (χ2n) is 5.52. The fraction of sp³-hybridized carbons (Fsp3) is 0.923. The van der Waals surface area contributed by atoms with E-state index in [1.54, 1.807) is 0 Å². The average molecular weight is 323 g/mol. The molecule has 1 aliphatic rings. The number of rotatable bonds is 8. The number of hydrogen-bond donors (Lipinski definition) is 7. The van der Waals surface area contributed by atoms with Gasteiger partial charge in [0.1, 0.15) is 18.3 Å². The van der Waals surface area contributed by atoms with Crippen LogP contribution in [-0.4, -0.2) is 86.0 Å². The number of carboxylic acids is 1. The Morgan fingerprint density at radius 3 is 2.59 bits per heavy atom. The third-order valence-electron chi connectivity index (χ3n) is 3.75. The monoisotopic (exact) mass is 323 g/mol. The first-order valence-electron chi connectivity index (χ1n) is 7.28. The molecule has 9 heteroatoms. The maximum absolute atomic E-state index is 11.1. The predicted octanol–water partition coefficient (Wildman–Crippen LogP) is -2.62. The lowest BCUT2D eigenvalue weighted by molar-refractivity contribution is -0.295. The molecule has 0 aromatic heterocycles. The Bertz CT molecular complexity index is 368. The summed E-state index contributed by atoms with van der Waals surface area (Å²) in [6, 6.07) is -0.887. The quantitative estimate of drug-likeness (QED) is 0.237. The summed E-state index contributed by atoms with van der Waals surface area (Å²) in [4.78, 5) is 11.1. The minimum atomic E-state index is -2.66. The number of hydrogen-bond acceptors (Lipinski definition) is 8. The van der Waals surface area contributed by atoms with Crippen molar-refractivity contribution in [2.45, 2.75) is 62.4 Å². The fourth-order valence-corrected chi connectivity index (χ4v) is 2.42. The van der Waals surface area contributed by atoms with Gasteiger partial charge in [0.2, 0.25) is 0 Å². The molecule has 0 unspecified atom stereocenters. The molecule has 6 atom stereocenters. The average Bonchev–Trinajstić information content (AvgIpc) is 2.47. The van der Waals surface area contributed by atoms with E-state index in [9.17, 15) is 25.2 Å². The van der Waals surface area contributed by atoms with Crippen LogP contribution in [-0.2, 0) is 9.53 Å².